The minimum atomic E-state index is 0.809. The summed E-state index contributed by atoms with van der Waals surface area (Å²) in [6, 6.07) is 19.4. The van der Waals surface area contributed by atoms with Crippen molar-refractivity contribution in [3.63, 3.8) is 0 Å². The van der Waals surface area contributed by atoms with Crippen LogP contribution in [-0.4, -0.2) is 42.6 Å². The second-order valence-electron chi connectivity index (χ2n) is 7.48. The molecule has 1 aliphatic rings. The molecule has 4 nitrogen and oxygen atoms in total. The summed E-state index contributed by atoms with van der Waals surface area (Å²) < 4.78 is 5.94. The van der Waals surface area contributed by atoms with Crippen molar-refractivity contribution in [1.29, 1.82) is 0 Å². The molecule has 2 aromatic carbocycles. The molecule has 0 unspecified atom stereocenters. The smallest absolute Gasteiger partial charge is 0.195 e. The van der Waals surface area contributed by atoms with Gasteiger partial charge in [-0.05, 0) is 29.7 Å². The molecule has 1 fully saturated rings. The van der Waals surface area contributed by atoms with Gasteiger partial charge < -0.3 is 9.32 Å². The first-order valence-electron chi connectivity index (χ1n) is 10.3. The van der Waals surface area contributed by atoms with Gasteiger partial charge in [0.2, 0.25) is 0 Å². The molecule has 1 aliphatic heterocycles. The van der Waals surface area contributed by atoms with Crippen molar-refractivity contribution >= 4 is 5.69 Å². The van der Waals surface area contributed by atoms with Gasteiger partial charge in [-0.1, -0.05) is 49.4 Å². The van der Waals surface area contributed by atoms with E-state index >= 15 is 0 Å². The maximum Gasteiger partial charge on any atom is 0.195 e. The van der Waals surface area contributed by atoms with Gasteiger partial charge in [-0.3, -0.25) is 4.90 Å². The fourth-order valence-corrected chi connectivity index (χ4v) is 3.77. The van der Waals surface area contributed by atoms with E-state index in [1.165, 1.54) is 16.8 Å². The lowest BCUT2D eigenvalue weighted by molar-refractivity contribution is 0.253. The van der Waals surface area contributed by atoms with Crippen LogP contribution in [0.25, 0.3) is 0 Å². The van der Waals surface area contributed by atoms with E-state index in [0.717, 1.165) is 63.6 Å². The van der Waals surface area contributed by atoms with E-state index in [0.29, 0.717) is 0 Å². The Morgan fingerprint density at radius 1 is 0.893 bits per heavy atom. The molecule has 0 atom stereocenters. The Morgan fingerprint density at radius 3 is 2.36 bits per heavy atom. The molecule has 1 saturated heterocycles. The molecule has 0 bridgehead atoms. The normalized spacial score (nSPS) is 15.1. The highest BCUT2D eigenvalue weighted by molar-refractivity contribution is 5.48. The van der Waals surface area contributed by atoms with Crippen molar-refractivity contribution in [3.05, 3.63) is 83.6 Å². The Labute approximate surface area is 167 Å². The molecular formula is C24H29N3O. The largest absolute Gasteiger partial charge is 0.445 e. The first-order valence-corrected chi connectivity index (χ1v) is 10.3. The van der Waals surface area contributed by atoms with E-state index in [4.69, 9.17) is 4.42 Å². The third-order valence-electron chi connectivity index (χ3n) is 5.55. The zero-order valence-electron chi connectivity index (χ0n) is 16.7. The van der Waals surface area contributed by atoms with Crippen molar-refractivity contribution in [2.75, 3.05) is 37.6 Å². The number of piperazine rings is 1. The van der Waals surface area contributed by atoms with Crippen molar-refractivity contribution < 1.29 is 4.42 Å². The highest BCUT2D eigenvalue weighted by atomic mass is 16.4. The SMILES string of the molecule is CCc1ccc(N2CCN(CCc3ncc(Cc4ccccc4)o3)CC2)cc1. The summed E-state index contributed by atoms with van der Waals surface area (Å²) in [5.74, 6) is 1.80. The van der Waals surface area contributed by atoms with E-state index in [1.54, 1.807) is 0 Å². The molecule has 0 aliphatic carbocycles. The van der Waals surface area contributed by atoms with Crippen LogP contribution in [0.2, 0.25) is 0 Å². The van der Waals surface area contributed by atoms with Gasteiger partial charge in [0, 0.05) is 51.3 Å². The third kappa shape index (κ3) is 4.82. The number of benzene rings is 2. The Morgan fingerprint density at radius 2 is 1.64 bits per heavy atom. The maximum absolute atomic E-state index is 5.94. The van der Waals surface area contributed by atoms with Gasteiger partial charge in [-0.15, -0.1) is 0 Å². The summed E-state index contributed by atoms with van der Waals surface area (Å²) in [7, 11) is 0. The topological polar surface area (TPSA) is 32.5 Å². The summed E-state index contributed by atoms with van der Waals surface area (Å²) in [6.07, 6.45) is 4.66. The van der Waals surface area contributed by atoms with Crippen LogP contribution in [0.15, 0.2) is 65.2 Å². The number of rotatable bonds is 7. The minimum absolute atomic E-state index is 0.809. The lowest BCUT2D eigenvalue weighted by Crippen LogP contribution is -2.47. The van der Waals surface area contributed by atoms with E-state index < -0.39 is 0 Å². The summed E-state index contributed by atoms with van der Waals surface area (Å²) in [5.41, 5.74) is 4.00. The van der Waals surface area contributed by atoms with Crippen LogP contribution >= 0.6 is 0 Å². The fourth-order valence-electron chi connectivity index (χ4n) is 3.77. The summed E-state index contributed by atoms with van der Waals surface area (Å²) >= 11 is 0. The third-order valence-corrected chi connectivity index (χ3v) is 5.55. The quantitative estimate of drug-likeness (QED) is 0.620. The van der Waals surface area contributed by atoms with E-state index in [9.17, 15) is 0 Å². The summed E-state index contributed by atoms with van der Waals surface area (Å²) in [5, 5.41) is 0. The van der Waals surface area contributed by atoms with Crippen LogP contribution in [0.4, 0.5) is 5.69 Å². The van der Waals surface area contributed by atoms with Gasteiger partial charge in [0.15, 0.2) is 5.89 Å². The molecule has 28 heavy (non-hydrogen) atoms. The van der Waals surface area contributed by atoms with Crippen LogP contribution in [0.3, 0.4) is 0 Å². The van der Waals surface area contributed by atoms with Crippen molar-refractivity contribution in [3.8, 4) is 0 Å². The van der Waals surface area contributed by atoms with Crippen LogP contribution in [-0.2, 0) is 19.3 Å². The summed E-state index contributed by atoms with van der Waals surface area (Å²) in [6.45, 7) is 7.55. The Balaban J connectivity index is 1.23. The van der Waals surface area contributed by atoms with Crippen molar-refractivity contribution in [1.82, 2.24) is 9.88 Å². The van der Waals surface area contributed by atoms with E-state index in [-0.39, 0.29) is 0 Å². The van der Waals surface area contributed by atoms with Gasteiger partial charge in [0.1, 0.15) is 5.76 Å². The monoisotopic (exact) mass is 375 g/mol. The molecule has 0 saturated carbocycles. The number of nitrogens with zero attached hydrogens (tertiary/aromatic N) is 3. The number of anilines is 1. The average molecular weight is 376 g/mol. The highest BCUT2D eigenvalue weighted by Crippen LogP contribution is 2.18. The first-order chi connectivity index (χ1) is 13.8. The molecule has 4 heteroatoms. The molecule has 0 spiro atoms. The van der Waals surface area contributed by atoms with Crippen LogP contribution in [0.1, 0.15) is 29.7 Å². The van der Waals surface area contributed by atoms with Gasteiger partial charge in [-0.2, -0.15) is 0 Å². The fraction of sp³-hybridized carbons (Fsp3) is 0.375. The number of hydrogen-bond acceptors (Lipinski definition) is 4. The molecule has 0 radical (unpaired) electrons. The number of oxazole rings is 1. The number of hydrogen-bond donors (Lipinski definition) is 0. The lowest BCUT2D eigenvalue weighted by Gasteiger charge is -2.36. The maximum atomic E-state index is 5.94. The zero-order valence-corrected chi connectivity index (χ0v) is 16.7. The zero-order chi connectivity index (χ0) is 19.2. The van der Waals surface area contributed by atoms with E-state index in [1.807, 2.05) is 12.3 Å². The molecule has 0 amide bonds. The minimum Gasteiger partial charge on any atom is -0.445 e. The second-order valence-corrected chi connectivity index (χ2v) is 7.48. The number of aryl methyl sites for hydroxylation is 1. The molecule has 146 valence electrons. The molecule has 4 rings (SSSR count). The predicted molar refractivity (Wildman–Crippen MR) is 114 cm³/mol. The van der Waals surface area contributed by atoms with Gasteiger partial charge >= 0.3 is 0 Å². The molecule has 3 aromatic rings. The van der Waals surface area contributed by atoms with Crippen LogP contribution in [0.5, 0.6) is 0 Å². The lowest BCUT2D eigenvalue weighted by atomic mass is 10.1. The Bertz CT molecular complexity index is 849. The van der Waals surface area contributed by atoms with Crippen LogP contribution in [0, 0.1) is 0 Å². The molecular weight excluding hydrogens is 346 g/mol. The van der Waals surface area contributed by atoms with Gasteiger partial charge in [0.05, 0.1) is 6.20 Å². The van der Waals surface area contributed by atoms with Crippen LogP contribution < -0.4 is 4.90 Å². The number of aromatic nitrogens is 1. The van der Waals surface area contributed by atoms with E-state index in [2.05, 4.69) is 70.2 Å². The average Bonchev–Trinajstić information content (AvgIpc) is 3.21. The molecule has 1 aromatic heterocycles. The van der Waals surface area contributed by atoms with Crippen molar-refractivity contribution in [2.45, 2.75) is 26.2 Å². The van der Waals surface area contributed by atoms with Gasteiger partial charge in [-0.25, -0.2) is 4.98 Å². The molecule has 0 N–H and O–H groups in total. The summed E-state index contributed by atoms with van der Waals surface area (Å²) in [4.78, 5) is 9.47. The first kappa shape index (κ1) is 18.8. The standard InChI is InChI=1S/C24H29N3O/c1-2-20-8-10-22(11-9-20)27-16-14-26(15-17-27)13-12-24-25-19-23(28-24)18-21-6-4-3-5-7-21/h3-11,19H,2,12-18H2,1H3. The van der Waals surface area contributed by atoms with Crippen molar-refractivity contribution in [2.24, 2.45) is 0 Å². The van der Waals surface area contributed by atoms with Gasteiger partial charge in [0.25, 0.3) is 0 Å². The predicted octanol–water partition coefficient (Wildman–Crippen LogP) is 4.19. The highest BCUT2D eigenvalue weighted by Gasteiger charge is 2.17. The Hall–Kier alpha value is -2.59. The Kier molecular flexibility index (Phi) is 6.07. The second kappa shape index (κ2) is 9.07. The molecule has 2 heterocycles.